The lowest BCUT2D eigenvalue weighted by atomic mass is 9.97. The number of rotatable bonds is 6. The first-order valence-electron chi connectivity index (χ1n) is 5.24. The first kappa shape index (κ1) is 12.5. The third kappa shape index (κ3) is 5.67. The van der Waals surface area contributed by atoms with Crippen molar-refractivity contribution in [3.63, 3.8) is 0 Å². The van der Waals surface area contributed by atoms with E-state index in [2.05, 4.69) is 20.8 Å². The molecule has 0 aliphatic carbocycles. The fourth-order valence-electron chi connectivity index (χ4n) is 1.31. The monoisotopic (exact) mass is 185 g/mol. The Labute approximate surface area is 82.2 Å². The molecular weight excluding hydrogens is 162 g/mol. The highest BCUT2D eigenvalue weighted by Gasteiger charge is 2.09. The summed E-state index contributed by atoms with van der Waals surface area (Å²) in [6, 6.07) is 0. The SMILES string of the molecule is CCC(C)CCCC(C)C(=N)OC. The van der Waals surface area contributed by atoms with E-state index in [0.29, 0.717) is 5.90 Å². The Kier molecular flexibility index (Phi) is 6.65. The van der Waals surface area contributed by atoms with Gasteiger partial charge in [0, 0.05) is 5.92 Å². The van der Waals surface area contributed by atoms with Gasteiger partial charge in [-0.15, -0.1) is 0 Å². The molecule has 1 N–H and O–H groups in total. The van der Waals surface area contributed by atoms with Crippen LogP contribution in [-0.4, -0.2) is 13.0 Å². The number of methoxy groups -OCH3 is 1. The van der Waals surface area contributed by atoms with Crippen molar-refractivity contribution in [2.24, 2.45) is 11.8 Å². The van der Waals surface area contributed by atoms with E-state index in [-0.39, 0.29) is 5.92 Å². The van der Waals surface area contributed by atoms with E-state index in [9.17, 15) is 0 Å². The van der Waals surface area contributed by atoms with Crippen LogP contribution in [0.3, 0.4) is 0 Å². The molecule has 0 aromatic carbocycles. The van der Waals surface area contributed by atoms with Crippen LogP contribution in [0.1, 0.15) is 46.5 Å². The van der Waals surface area contributed by atoms with Crippen molar-refractivity contribution in [2.75, 3.05) is 7.11 Å². The van der Waals surface area contributed by atoms with E-state index < -0.39 is 0 Å². The normalized spacial score (nSPS) is 15.1. The highest BCUT2D eigenvalue weighted by atomic mass is 16.5. The maximum absolute atomic E-state index is 7.45. The predicted octanol–water partition coefficient (Wildman–Crippen LogP) is 3.46. The van der Waals surface area contributed by atoms with Gasteiger partial charge < -0.3 is 4.74 Å². The van der Waals surface area contributed by atoms with E-state index in [1.54, 1.807) is 7.11 Å². The zero-order chi connectivity index (χ0) is 10.3. The lowest BCUT2D eigenvalue weighted by Gasteiger charge is -2.13. The van der Waals surface area contributed by atoms with E-state index in [1.807, 2.05) is 0 Å². The molecule has 0 rings (SSSR count). The molecule has 0 amide bonds. The quantitative estimate of drug-likeness (QED) is 0.499. The molecule has 0 radical (unpaired) electrons. The van der Waals surface area contributed by atoms with Gasteiger partial charge in [-0.25, -0.2) is 0 Å². The van der Waals surface area contributed by atoms with Gasteiger partial charge in [-0.2, -0.15) is 0 Å². The van der Waals surface area contributed by atoms with Gasteiger partial charge in [0.15, 0.2) is 5.90 Å². The van der Waals surface area contributed by atoms with Gasteiger partial charge in [0.05, 0.1) is 7.11 Å². The van der Waals surface area contributed by atoms with Gasteiger partial charge in [0.2, 0.25) is 0 Å². The summed E-state index contributed by atoms with van der Waals surface area (Å²) in [5.41, 5.74) is 0. The highest BCUT2D eigenvalue weighted by molar-refractivity contribution is 5.74. The minimum atomic E-state index is 0.286. The van der Waals surface area contributed by atoms with Gasteiger partial charge in [-0.05, 0) is 12.3 Å². The second kappa shape index (κ2) is 6.93. The second-order valence-electron chi connectivity index (χ2n) is 3.91. The molecule has 2 unspecified atom stereocenters. The fraction of sp³-hybridized carbons (Fsp3) is 0.909. The molecular formula is C11H23NO. The average molecular weight is 185 g/mol. The highest BCUT2D eigenvalue weighted by Crippen LogP contribution is 2.15. The lowest BCUT2D eigenvalue weighted by Crippen LogP contribution is -2.11. The van der Waals surface area contributed by atoms with Crippen molar-refractivity contribution < 1.29 is 4.74 Å². The molecule has 2 heteroatoms. The third-order valence-corrected chi connectivity index (χ3v) is 2.70. The van der Waals surface area contributed by atoms with Crippen LogP contribution in [0.2, 0.25) is 0 Å². The number of ether oxygens (including phenoxy) is 1. The maximum Gasteiger partial charge on any atom is 0.182 e. The number of hydrogen-bond acceptors (Lipinski definition) is 2. The Morgan fingerprint density at radius 1 is 1.31 bits per heavy atom. The smallest absolute Gasteiger partial charge is 0.182 e. The van der Waals surface area contributed by atoms with Crippen molar-refractivity contribution >= 4 is 5.90 Å². The van der Waals surface area contributed by atoms with E-state index in [4.69, 9.17) is 10.1 Å². The van der Waals surface area contributed by atoms with Gasteiger partial charge in [0.1, 0.15) is 0 Å². The summed E-state index contributed by atoms with van der Waals surface area (Å²) in [6.45, 7) is 6.57. The molecule has 0 saturated carbocycles. The van der Waals surface area contributed by atoms with Crippen molar-refractivity contribution in [3.05, 3.63) is 0 Å². The molecule has 0 aromatic heterocycles. The van der Waals surface area contributed by atoms with E-state index >= 15 is 0 Å². The van der Waals surface area contributed by atoms with Gasteiger partial charge >= 0.3 is 0 Å². The Hall–Kier alpha value is -0.530. The molecule has 0 aliphatic rings. The fourth-order valence-corrected chi connectivity index (χ4v) is 1.31. The molecule has 0 fully saturated rings. The molecule has 0 spiro atoms. The number of nitrogens with one attached hydrogen (secondary N) is 1. The first-order valence-corrected chi connectivity index (χ1v) is 5.24. The van der Waals surface area contributed by atoms with Crippen LogP contribution in [-0.2, 0) is 4.74 Å². The average Bonchev–Trinajstić information content (AvgIpc) is 2.15. The van der Waals surface area contributed by atoms with Crippen LogP contribution >= 0.6 is 0 Å². The predicted molar refractivity (Wildman–Crippen MR) is 57.2 cm³/mol. The summed E-state index contributed by atoms with van der Waals surface area (Å²) in [6.07, 6.45) is 4.83. The largest absolute Gasteiger partial charge is 0.484 e. The van der Waals surface area contributed by atoms with Crippen LogP contribution in [0.15, 0.2) is 0 Å². The van der Waals surface area contributed by atoms with Gasteiger partial charge in [-0.1, -0.05) is 40.0 Å². The van der Waals surface area contributed by atoms with Crippen molar-refractivity contribution in [3.8, 4) is 0 Å². The van der Waals surface area contributed by atoms with E-state index in [1.165, 1.54) is 19.3 Å². The standard InChI is InChI=1S/C11H23NO/c1-5-9(2)7-6-8-10(3)11(12)13-4/h9-10,12H,5-8H2,1-4H3. The van der Waals surface area contributed by atoms with Crippen LogP contribution in [0.5, 0.6) is 0 Å². The van der Waals surface area contributed by atoms with Crippen LogP contribution in [0.25, 0.3) is 0 Å². The summed E-state index contributed by atoms with van der Waals surface area (Å²) in [5, 5.41) is 7.45. The lowest BCUT2D eigenvalue weighted by molar-refractivity contribution is 0.354. The summed E-state index contributed by atoms with van der Waals surface area (Å²) >= 11 is 0. The molecule has 0 aromatic rings. The van der Waals surface area contributed by atoms with Crippen LogP contribution < -0.4 is 0 Å². The van der Waals surface area contributed by atoms with Gasteiger partial charge in [0.25, 0.3) is 0 Å². The minimum absolute atomic E-state index is 0.286. The maximum atomic E-state index is 7.45. The zero-order valence-electron chi connectivity index (χ0n) is 9.39. The van der Waals surface area contributed by atoms with Crippen LogP contribution in [0, 0.1) is 17.2 Å². The van der Waals surface area contributed by atoms with Crippen LogP contribution in [0.4, 0.5) is 0 Å². The molecule has 13 heavy (non-hydrogen) atoms. The minimum Gasteiger partial charge on any atom is -0.484 e. The summed E-state index contributed by atoms with van der Waals surface area (Å²) in [4.78, 5) is 0. The Bertz CT molecular complexity index is 145. The third-order valence-electron chi connectivity index (χ3n) is 2.70. The summed E-state index contributed by atoms with van der Waals surface area (Å²) < 4.78 is 4.88. The van der Waals surface area contributed by atoms with Crippen molar-refractivity contribution in [1.82, 2.24) is 0 Å². The second-order valence-corrected chi connectivity index (χ2v) is 3.91. The Morgan fingerprint density at radius 2 is 1.92 bits per heavy atom. The molecule has 0 bridgehead atoms. The molecule has 2 atom stereocenters. The molecule has 2 nitrogen and oxygen atoms in total. The molecule has 0 aliphatic heterocycles. The van der Waals surface area contributed by atoms with Crippen molar-refractivity contribution in [2.45, 2.75) is 46.5 Å². The summed E-state index contributed by atoms with van der Waals surface area (Å²) in [5.74, 6) is 1.53. The topological polar surface area (TPSA) is 33.1 Å². The first-order chi connectivity index (χ1) is 6.11. The van der Waals surface area contributed by atoms with Gasteiger partial charge in [-0.3, -0.25) is 5.41 Å². The van der Waals surface area contributed by atoms with Crippen molar-refractivity contribution in [1.29, 1.82) is 5.41 Å². The zero-order valence-corrected chi connectivity index (χ0v) is 9.39. The molecule has 0 saturated heterocycles. The van der Waals surface area contributed by atoms with E-state index in [0.717, 1.165) is 12.3 Å². The molecule has 0 heterocycles. The Balaban J connectivity index is 3.47. The summed E-state index contributed by atoms with van der Waals surface area (Å²) in [7, 11) is 1.58. The number of hydrogen-bond donors (Lipinski definition) is 1. The Morgan fingerprint density at radius 3 is 2.38 bits per heavy atom. The molecule has 78 valence electrons.